The largest absolute Gasteiger partial charge is 0.462 e. The molecule has 0 saturated carbocycles. The molecule has 0 bridgehead atoms. The third-order valence-corrected chi connectivity index (χ3v) is 10.5. The first kappa shape index (κ1) is 56.1. The third kappa shape index (κ3) is 46.0. The van der Waals surface area contributed by atoms with Gasteiger partial charge in [-0.05, 0) is 77.0 Å². The van der Waals surface area contributed by atoms with E-state index in [0.717, 1.165) is 103 Å². The lowest BCUT2D eigenvalue weighted by molar-refractivity contribution is -0.167. The topological polar surface area (TPSA) is 78.9 Å². The van der Waals surface area contributed by atoms with E-state index in [0.29, 0.717) is 19.3 Å². The van der Waals surface area contributed by atoms with Crippen LogP contribution in [0.3, 0.4) is 0 Å². The van der Waals surface area contributed by atoms with E-state index in [9.17, 15) is 14.4 Å². The van der Waals surface area contributed by atoms with Crippen molar-refractivity contribution >= 4 is 17.9 Å². The molecule has 0 unspecified atom stereocenters. The maximum Gasteiger partial charge on any atom is 0.306 e. The van der Waals surface area contributed by atoms with E-state index in [1.165, 1.54) is 96.3 Å². The van der Waals surface area contributed by atoms with E-state index in [1.54, 1.807) is 0 Å². The summed E-state index contributed by atoms with van der Waals surface area (Å²) in [5.74, 6) is -0.917. The number of esters is 3. The van der Waals surface area contributed by atoms with Gasteiger partial charge < -0.3 is 14.2 Å². The molecule has 340 valence electrons. The smallest absolute Gasteiger partial charge is 0.306 e. The zero-order chi connectivity index (χ0) is 43.0. The van der Waals surface area contributed by atoms with E-state index in [-0.39, 0.29) is 31.1 Å². The molecule has 0 heterocycles. The van der Waals surface area contributed by atoms with Crippen molar-refractivity contribution in [2.45, 2.75) is 245 Å². The quantitative estimate of drug-likeness (QED) is 0.0263. The molecule has 6 nitrogen and oxygen atoms in total. The molecular formula is C53H92O6. The average molecular weight is 825 g/mol. The van der Waals surface area contributed by atoms with Crippen LogP contribution >= 0.6 is 0 Å². The number of carbonyl (C=O) groups excluding carboxylic acids is 3. The Morgan fingerprint density at radius 2 is 0.678 bits per heavy atom. The lowest BCUT2D eigenvalue weighted by Crippen LogP contribution is -2.30. The maximum absolute atomic E-state index is 12.8. The van der Waals surface area contributed by atoms with Crippen LogP contribution in [0.2, 0.25) is 0 Å². The van der Waals surface area contributed by atoms with Gasteiger partial charge in [-0.1, -0.05) is 204 Å². The molecule has 0 aromatic carbocycles. The van der Waals surface area contributed by atoms with Crippen LogP contribution < -0.4 is 0 Å². The molecule has 0 rings (SSSR count). The van der Waals surface area contributed by atoms with E-state index < -0.39 is 6.10 Å². The van der Waals surface area contributed by atoms with E-state index in [4.69, 9.17) is 14.2 Å². The van der Waals surface area contributed by atoms with E-state index in [2.05, 4.69) is 81.5 Å². The van der Waals surface area contributed by atoms with Gasteiger partial charge in [0.15, 0.2) is 6.10 Å². The molecule has 0 aliphatic heterocycles. The predicted molar refractivity (Wildman–Crippen MR) is 251 cm³/mol. The number of carbonyl (C=O) groups is 3. The average Bonchev–Trinajstić information content (AvgIpc) is 3.23. The van der Waals surface area contributed by atoms with Crippen LogP contribution in [0.1, 0.15) is 239 Å². The van der Waals surface area contributed by atoms with Crippen molar-refractivity contribution < 1.29 is 28.6 Å². The van der Waals surface area contributed by atoms with Gasteiger partial charge in [-0.25, -0.2) is 0 Å². The minimum atomic E-state index is -0.786. The van der Waals surface area contributed by atoms with Crippen molar-refractivity contribution in [3.63, 3.8) is 0 Å². The van der Waals surface area contributed by atoms with Crippen LogP contribution in [0, 0.1) is 0 Å². The van der Waals surface area contributed by atoms with Crippen LogP contribution in [0.5, 0.6) is 0 Å². The number of unbranched alkanes of at least 4 members (excludes halogenated alkanes) is 23. The summed E-state index contributed by atoms with van der Waals surface area (Å²) in [6, 6.07) is 0. The van der Waals surface area contributed by atoms with Crippen molar-refractivity contribution in [2.75, 3.05) is 13.2 Å². The second kappa shape index (κ2) is 47.8. The normalized spacial score (nSPS) is 12.5. The summed E-state index contributed by atoms with van der Waals surface area (Å²) in [4.78, 5) is 37.9. The Labute approximate surface area is 364 Å². The van der Waals surface area contributed by atoms with Gasteiger partial charge in [-0.2, -0.15) is 0 Å². The Kier molecular flexibility index (Phi) is 45.4. The summed E-state index contributed by atoms with van der Waals surface area (Å²) in [6.45, 7) is 6.46. The number of allylic oxidation sites excluding steroid dienone is 10. The highest BCUT2D eigenvalue weighted by Gasteiger charge is 2.19. The minimum Gasteiger partial charge on any atom is -0.462 e. The Hall–Kier alpha value is -2.89. The molecule has 6 heteroatoms. The Morgan fingerprint density at radius 1 is 0.356 bits per heavy atom. The molecule has 0 amide bonds. The Morgan fingerprint density at radius 3 is 1.10 bits per heavy atom. The fraction of sp³-hybridized carbons (Fsp3) is 0.755. The van der Waals surface area contributed by atoms with Crippen molar-refractivity contribution in [1.29, 1.82) is 0 Å². The molecule has 0 aliphatic rings. The number of rotatable bonds is 44. The molecule has 0 spiro atoms. The van der Waals surface area contributed by atoms with Crippen molar-refractivity contribution in [3.05, 3.63) is 60.8 Å². The first-order valence-electron chi connectivity index (χ1n) is 24.8. The summed E-state index contributed by atoms with van der Waals surface area (Å²) >= 11 is 0. The van der Waals surface area contributed by atoms with Gasteiger partial charge in [0.2, 0.25) is 0 Å². The molecule has 0 aromatic rings. The Bertz CT molecular complexity index is 1090. The van der Waals surface area contributed by atoms with E-state index in [1.807, 2.05) is 0 Å². The number of hydrogen-bond acceptors (Lipinski definition) is 6. The van der Waals surface area contributed by atoms with E-state index >= 15 is 0 Å². The van der Waals surface area contributed by atoms with Gasteiger partial charge in [-0.3, -0.25) is 14.4 Å². The van der Waals surface area contributed by atoms with Gasteiger partial charge in [0.1, 0.15) is 13.2 Å². The predicted octanol–water partition coefficient (Wildman–Crippen LogP) is 16.1. The van der Waals surface area contributed by atoms with Gasteiger partial charge in [0.05, 0.1) is 0 Å². The van der Waals surface area contributed by atoms with Crippen LogP contribution in [0.25, 0.3) is 0 Å². The minimum absolute atomic E-state index is 0.0853. The lowest BCUT2D eigenvalue weighted by Gasteiger charge is -2.18. The zero-order valence-electron chi connectivity index (χ0n) is 38.8. The second-order valence-electron chi connectivity index (χ2n) is 16.3. The van der Waals surface area contributed by atoms with Crippen LogP contribution in [0.4, 0.5) is 0 Å². The summed E-state index contributed by atoms with van der Waals surface area (Å²) in [6.07, 6.45) is 57.7. The van der Waals surface area contributed by atoms with Crippen LogP contribution in [-0.2, 0) is 28.6 Å². The fourth-order valence-electron chi connectivity index (χ4n) is 6.77. The number of hydrogen-bond donors (Lipinski definition) is 0. The molecule has 1 atom stereocenters. The monoisotopic (exact) mass is 825 g/mol. The van der Waals surface area contributed by atoms with Gasteiger partial charge in [0.25, 0.3) is 0 Å². The van der Waals surface area contributed by atoms with Gasteiger partial charge in [0, 0.05) is 19.3 Å². The SMILES string of the molecule is CC/C=C\C/C=C\C/C=C\C/C=C\CCCCCCC(=O)O[C@H](COC(=O)CCCCCCC/C=C\CCCC)COC(=O)CCCCCCCCCCCCCCC. The maximum atomic E-state index is 12.8. The summed E-state index contributed by atoms with van der Waals surface area (Å²) in [5.41, 5.74) is 0. The molecule has 0 saturated heterocycles. The van der Waals surface area contributed by atoms with Crippen LogP contribution in [-0.4, -0.2) is 37.2 Å². The first-order valence-corrected chi connectivity index (χ1v) is 24.8. The highest BCUT2D eigenvalue weighted by molar-refractivity contribution is 5.71. The van der Waals surface area contributed by atoms with Crippen LogP contribution in [0.15, 0.2) is 60.8 Å². The van der Waals surface area contributed by atoms with Gasteiger partial charge >= 0.3 is 17.9 Å². The molecule has 0 radical (unpaired) electrons. The third-order valence-electron chi connectivity index (χ3n) is 10.5. The first-order chi connectivity index (χ1) is 29.0. The second-order valence-corrected chi connectivity index (χ2v) is 16.3. The fourth-order valence-corrected chi connectivity index (χ4v) is 6.77. The zero-order valence-corrected chi connectivity index (χ0v) is 38.8. The highest BCUT2D eigenvalue weighted by Crippen LogP contribution is 2.14. The summed E-state index contributed by atoms with van der Waals surface area (Å²) < 4.78 is 16.7. The molecule has 0 aromatic heterocycles. The van der Waals surface area contributed by atoms with Crippen molar-refractivity contribution in [2.24, 2.45) is 0 Å². The van der Waals surface area contributed by atoms with Crippen molar-refractivity contribution in [3.8, 4) is 0 Å². The molecular weight excluding hydrogens is 733 g/mol. The molecule has 0 aliphatic carbocycles. The lowest BCUT2D eigenvalue weighted by atomic mass is 10.0. The van der Waals surface area contributed by atoms with Crippen molar-refractivity contribution in [1.82, 2.24) is 0 Å². The molecule has 59 heavy (non-hydrogen) atoms. The number of ether oxygens (including phenoxy) is 3. The van der Waals surface area contributed by atoms with Gasteiger partial charge in [-0.15, -0.1) is 0 Å². The highest BCUT2D eigenvalue weighted by atomic mass is 16.6. The summed E-state index contributed by atoms with van der Waals surface area (Å²) in [5, 5.41) is 0. The summed E-state index contributed by atoms with van der Waals surface area (Å²) in [7, 11) is 0. The molecule has 0 fully saturated rings. The Balaban J connectivity index is 4.42. The standard InChI is InChI=1S/C53H92O6/c1-4-7-10-13-16-19-22-24-25-26-27-29-32-35-38-41-44-47-53(56)59-50(48-57-51(54)45-42-39-36-33-30-21-18-15-12-9-6-3)49-58-52(55)46-43-40-37-34-31-28-23-20-17-14-11-8-5-2/h7,10,15-16,18-19,24-25,27,29,50H,4-6,8-9,11-14,17,20-23,26,28,30-49H2,1-3H3/b10-7-,18-15-,19-16-,25-24-,29-27-/t50-/m1/s1. The molecule has 0 N–H and O–H groups in total.